The van der Waals surface area contributed by atoms with E-state index in [0.29, 0.717) is 6.54 Å². The van der Waals surface area contributed by atoms with Gasteiger partial charge in [-0.2, -0.15) is 0 Å². The summed E-state index contributed by atoms with van der Waals surface area (Å²) in [7, 11) is 0. The van der Waals surface area contributed by atoms with E-state index in [-0.39, 0.29) is 5.69 Å². The maximum atomic E-state index is 11.5. The first-order chi connectivity index (χ1) is 7.68. The van der Waals surface area contributed by atoms with Crippen LogP contribution in [0.15, 0.2) is 41.5 Å². The number of hydrogen-bond donors (Lipinski definition) is 0. The van der Waals surface area contributed by atoms with E-state index in [1.165, 1.54) is 22.9 Å². The lowest BCUT2D eigenvalue weighted by Crippen LogP contribution is -2.22. The van der Waals surface area contributed by atoms with Crippen molar-refractivity contribution in [1.82, 2.24) is 9.55 Å². The standard InChI is InChI=1S/C13H14N2O/c1-10-5-3-6-11(2)12(10)9-15-8-4-7-14-13(15)16/h3-8H,9H2,1-2H3. The van der Waals surface area contributed by atoms with Crippen LogP contribution in [0, 0.1) is 13.8 Å². The molecule has 3 heteroatoms. The lowest BCUT2D eigenvalue weighted by Gasteiger charge is -2.10. The SMILES string of the molecule is Cc1cccc(C)c1Cn1cccnc1=O. The molecule has 0 amide bonds. The second-order valence-corrected chi connectivity index (χ2v) is 3.90. The molecule has 0 saturated carbocycles. The van der Waals surface area contributed by atoms with Crippen LogP contribution in [0.25, 0.3) is 0 Å². The molecule has 0 unspecified atom stereocenters. The van der Waals surface area contributed by atoms with E-state index >= 15 is 0 Å². The Morgan fingerprint density at radius 3 is 2.50 bits per heavy atom. The Labute approximate surface area is 94.4 Å². The zero-order valence-electron chi connectivity index (χ0n) is 9.47. The summed E-state index contributed by atoms with van der Waals surface area (Å²) in [4.78, 5) is 15.2. The molecule has 0 saturated heterocycles. The van der Waals surface area contributed by atoms with Crippen molar-refractivity contribution in [3.8, 4) is 0 Å². The summed E-state index contributed by atoms with van der Waals surface area (Å²) in [6.45, 7) is 4.71. The van der Waals surface area contributed by atoms with Crippen molar-refractivity contribution in [2.45, 2.75) is 20.4 Å². The molecule has 3 nitrogen and oxygen atoms in total. The summed E-state index contributed by atoms with van der Waals surface area (Å²) in [6.07, 6.45) is 3.28. The molecule has 0 spiro atoms. The van der Waals surface area contributed by atoms with Gasteiger partial charge in [0.15, 0.2) is 0 Å². The van der Waals surface area contributed by atoms with Gasteiger partial charge in [0, 0.05) is 12.4 Å². The van der Waals surface area contributed by atoms with Gasteiger partial charge >= 0.3 is 5.69 Å². The molecule has 0 bridgehead atoms. The predicted molar refractivity (Wildman–Crippen MR) is 63.5 cm³/mol. The Morgan fingerprint density at radius 1 is 1.19 bits per heavy atom. The molecule has 2 aromatic rings. The zero-order chi connectivity index (χ0) is 11.5. The van der Waals surface area contributed by atoms with Crippen LogP contribution in [-0.2, 0) is 6.54 Å². The van der Waals surface area contributed by atoms with Gasteiger partial charge in [-0.1, -0.05) is 18.2 Å². The van der Waals surface area contributed by atoms with Gasteiger partial charge in [0.1, 0.15) is 0 Å². The Balaban J connectivity index is 2.42. The molecule has 1 aromatic heterocycles. The third-order valence-corrected chi connectivity index (χ3v) is 2.76. The average Bonchev–Trinajstić information content (AvgIpc) is 2.26. The van der Waals surface area contributed by atoms with Crippen molar-refractivity contribution >= 4 is 0 Å². The molecule has 2 rings (SSSR count). The van der Waals surface area contributed by atoms with E-state index in [9.17, 15) is 4.79 Å². The first-order valence-corrected chi connectivity index (χ1v) is 5.25. The quantitative estimate of drug-likeness (QED) is 0.765. The van der Waals surface area contributed by atoms with Gasteiger partial charge in [-0.3, -0.25) is 4.57 Å². The summed E-state index contributed by atoms with van der Waals surface area (Å²) in [6, 6.07) is 7.92. The van der Waals surface area contributed by atoms with Crippen LogP contribution in [0.5, 0.6) is 0 Å². The van der Waals surface area contributed by atoms with Crippen molar-refractivity contribution in [3.05, 3.63) is 63.8 Å². The second-order valence-electron chi connectivity index (χ2n) is 3.90. The number of rotatable bonds is 2. The molecule has 1 heterocycles. The summed E-state index contributed by atoms with van der Waals surface area (Å²) < 4.78 is 1.62. The topological polar surface area (TPSA) is 34.9 Å². The average molecular weight is 214 g/mol. The van der Waals surface area contributed by atoms with E-state index in [0.717, 1.165) is 0 Å². The van der Waals surface area contributed by atoms with Crippen LogP contribution in [0.4, 0.5) is 0 Å². The number of aryl methyl sites for hydroxylation is 2. The van der Waals surface area contributed by atoms with E-state index in [4.69, 9.17) is 0 Å². The second kappa shape index (κ2) is 4.31. The van der Waals surface area contributed by atoms with Crippen LogP contribution < -0.4 is 5.69 Å². The van der Waals surface area contributed by atoms with Gasteiger partial charge in [0.2, 0.25) is 0 Å². The molecule has 0 N–H and O–H groups in total. The van der Waals surface area contributed by atoms with Crippen molar-refractivity contribution < 1.29 is 0 Å². The van der Waals surface area contributed by atoms with Crippen LogP contribution in [0.3, 0.4) is 0 Å². The molecule has 16 heavy (non-hydrogen) atoms. The van der Waals surface area contributed by atoms with E-state index < -0.39 is 0 Å². The molecule has 0 radical (unpaired) electrons. The van der Waals surface area contributed by atoms with E-state index in [1.54, 1.807) is 16.8 Å². The van der Waals surface area contributed by atoms with Gasteiger partial charge in [-0.05, 0) is 36.6 Å². The van der Waals surface area contributed by atoms with Crippen LogP contribution in [0.1, 0.15) is 16.7 Å². The first kappa shape index (κ1) is 10.6. The predicted octanol–water partition coefficient (Wildman–Crippen LogP) is 1.91. The molecular weight excluding hydrogens is 200 g/mol. The lowest BCUT2D eigenvalue weighted by atomic mass is 10.0. The summed E-state index contributed by atoms with van der Waals surface area (Å²) in [5.41, 5.74) is 3.40. The van der Waals surface area contributed by atoms with E-state index in [2.05, 4.69) is 31.0 Å². The van der Waals surface area contributed by atoms with Crippen LogP contribution in [-0.4, -0.2) is 9.55 Å². The van der Waals surface area contributed by atoms with Gasteiger partial charge in [-0.25, -0.2) is 9.78 Å². The maximum absolute atomic E-state index is 11.5. The first-order valence-electron chi connectivity index (χ1n) is 5.25. The minimum atomic E-state index is -0.204. The fraction of sp³-hybridized carbons (Fsp3) is 0.231. The third-order valence-electron chi connectivity index (χ3n) is 2.76. The Hall–Kier alpha value is -1.90. The Kier molecular flexibility index (Phi) is 2.86. The van der Waals surface area contributed by atoms with E-state index in [1.807, 2.05) is 6.07 Å². The molecular formula is C13H14N2O. The smallest absolute Gasteiger partial charge is 0.295 e. The lowest BCUT2D eigenvalue weighted by molar-refractivity contribution is 0.720. The number of benzene rings is 1. The van der Waals surface area contributed by atoms with Gasteiger partial charge in [-0.15, -0.1) is 0 Å². The highest BCUT2D eigenvalue weighted by Gasteiger charge is 2.03. The fourth-order valence-electron chi connectivity index (χ4n) is 1.78. The molecule has 1 aromatic carbocycles. The van der Waals surface area contributed by atoms with Crippen molar-refractivity contribution in [1.29, 1.82) is 0 Å². The monoisotopic (exact) mass is 214 g/mol. The highest BCUT2D eigenvalue weighted by atomic mass is 16.1. The largest absolute Gasteiger partial charge is 0.347 e. The summed E-state index contributed by atoms with van der Waals surface area (Å²) in [5.74, 6) is 0. The zero-order valence-corrected chi connectivity index (χ0v) is 9.47. The minimum absolute atomic E-state index is 0.204. The fourth-order valence-corrected chi connectivity index (χ4v) is 1.78. The molecule has 0 fully saturated rings. The minimum Gasteiger partial charge on any atom is -0.295 e. The van der Waals surface area contributed by atoms with Crippen molar-refractivity contribution in [3.63, 3.8) is 0 Å². The molecule has 0 atom stereocenters. The summed E-state index contributed by atoms with van der Waals surface area (Å²) >= 11 is 0. The maximum Gasteiger partial charge on any atom is 0.347 e. The Bertz CT molecular complexity index is 538. The third kappa shape index (κ3) is 2.03. The summed E-state index contributed by atoms with van der Waals surface area (Å²) in [5, 5.41) is 0. The number of aromatic nitrogens is 2. The van der Waals surface area contributed by atoms with Crippen molar-refractivity contribution in [2.75, 3.05) is 0 Å². The van der Waals surface area contributed by atoms with Gasteiger partial charge in [0.05, 0.1) is 6.54 Å². The number of nitrogens with zero attached hydrogens (tertiary/aromatic N) is 2. The molecule has 0 aliphatic heterocycles. The van der Waals surface area contributed by atoms with Gasteiger partial charge < -0.3 is 0 Å². The van der Waals surface area contributed by atoms with Crippen LogP contribution in [0.2, 0.25) is 0 Å². The van der Waals surface area contributed by atoms with Crippen LogP contribution >= 0.6 is 0 Å². The molecule has 0 aliphatic rings. The van der Waals surface area contributed by atoms with Crippen molar-refractivity contribution in [2.24, 2.45) is 0 Å². The normalized spacial score (nSPS) is 10.4. The molecule has 0 aliphatic carbocycles. The molecule has 82 valence electrons. The number of hydrogen-bond acceptors (Lipinski definition) is 2. The highest BCUT2D eigenvalue weighted by Crippen LogP contribution is 2.13. The highest BCUT2D eigenvalue weighted by molar-refractivity contribution is 5.33. The van der Waals surface area contributed by atoms with Gasteiger partial charge in [0.25, 0.3) is 0 Å². The Morgan fingerprint density at radius 2 is 1.88 bits per heavy atom.